The van der Waals surface area contributed by atoms with Crippen LogP contribution < -0.4 is 5.32 Å². The molecule has 0 bridgehead atoms. The monoisotopic (exact) mass is 264 g/mol. The van der Waals surface area contributed by atoms with Gasteiger partial charge in [-0.25, -0.2) is 4.79 Å². The average Bonchev–Trinajstić information content (AvgIpc) is 2.90. The van der Waals surface area contributed by atoms with E-state index in [0.29, 0.717) is 26.3 Å². The zero-order chi connectivity index (χ0) is 13.7. The summed E-state index contributed by atoms with van der Waals surface area (Å²) in [6.45, 7) is 4.21. The first kappa shape index (κ1) is 13.8. The Labute approximate surface area is 113 Å². The maximum absolute atomic E-state index is 11.9. The highest BCUT2D eigenvalue weighted by Crippen LogP contribution is 2.06. The second-order valence-corrected chi connectivity index (χ2v) is 4.70. The van der Waals surface area contributed by atoms with Crippen molar-refractivity contribution < 1.29 is 14.3 Å². The molecule has 0 unspecified atom stereocenters. The molecule has 0 radical (unpaired) electrons. The van der Waals surface area contributed by atoms with Crippen molar-refractivity contribution in [2.24, 2.45) is 0 Å². The molecule has 1 fully saturated rings. The molecule has 1 heterocycles. The number of carbonyl (C=O) groups excluding carboxylic acids is 1. The van der Waals surface area contributed by atoms with Crippen molar-refractivity contribution in [1.29, 1.82) is 0 Å². The summed E-state index contributed by atoms with van der Waals surface area (Å²) in [6, 6.07) is 7.97. The van der Waals surface area contributed by atoms with Gasteiger partial charge in [0.15, 0.2) is 6.29 Å². The molecule has 104 valence electrons. The molecular weight excluding hydrogens is 244 g/mol. The summed E-state index contributed by atoms with van der Waals surface area (Å²) >= 11 is 0. The number of ether oxygens (including phenoxy) is 2. The minimum Gasteiger partial charge on any atom is -0.348 e. The fourth-order valence-electron chi connectivity index (χ4n) is 1.84. The van der Waals surface area contributed by atoms with Gasteiger partial charge in [0.2, 0.25) is 0 Å². The highest BCUT2D eigenvalue weighted by atomic mass is 16.7. The number of rotatable bonds is 4. The van der Waals surface area contributed by atoms with Gasteiger partial charge < -0.3 is 19.7 Å². The lowest BCUT2D eigenvalue weighted by molar-refractivity contribution is -0.0524. The largest absolute Gasteiger partial charge is 0.348 e. The Morgan fingerprint density at radius 2 is 1.95 bits per heavy atom. The molecule has 0 spiro atoms. The Bertz CT molecular complexity index is 413. The summed E-state index contributed by atoms with van der Waals surface area (Å²) in [5.74, 6) is 0. The van der Waals surface area contributed by atoms with E-state index in [4.69, 9.17) is 9.47 Å². The van der Waals surface area contributed by atoms with E-state index in [-0.39, 0.29) is 12.3 Å². The van der Waals surface area contributed by atoms with Gasteiger partial charge >= 0.3 is 6.03 Å². The lowest BCUT2D eigenvalue weighted by Gasteiger charge is -2.20. The van der Waals surface area contributed by atoms with Gasteiger partial charge in [-0.1, -0.05) is 29.8 Å². The van der Waals surface area contributed by atoms with Crippen molar-refractivity contribution in [2.75, 3.05) is 26.8 Å². The fraction of sp³-hybridized carbons (Fsp3) is 0.500. The summed E-state index contributed by atoms with van der Waals surface area (Å²) in [6.07, 6.45) is -0.296. The molecule has 0 aliphatic carbocycles. The van der Waals surface area contributed by atoms with E-state index in [9.17, 15) is 4.79 Å². The van der Waals surface area contributed by atoms with Gasteiger partial charge in [-0.2, -0.15) is 0 Å². The van der Waals surface area contributed by atoms with Crippen molar-refractivity contribution in [3.63, 3.8) is 0 Å². The van der Waals surface area contributed by atoms with E-state index in [1.807, 2.05) is 31.2 Å². The molecule has 19 heavy (non-hydrogen) atoms. The van der Waals surface area contributed by atoms with Crippen molar-refractivity contribution in [3.8, 4) is 0 Å². The Morgan fingerprint density at radius 3 is 2.58 bits per heavy atom. The Hall–Kier alpha value is -1.59. The first-order valence-corrected chi connectivity index (χ1v) is 6.43. The number of urea groups is 1. The second-order valence-electron chi connectivity index (χ2n) is 4.70. The third-order valence-electron chi connectivity index (χ3n) is 3.02. The number of nitrogens with one attached hydrogen (secondary N) is 1. The highest BCUT2D eigenvalue weighted by molar-refractivity contribution is 5.73. The topological polar surface area (TPSA) is 50.8 Å². The Kier molecular flexibility index (Phi) is 4.76. The second kappa shape index (κ2) is 6.54. The van der Waals surface area contributed by atoms with Crippen LogP contribution in [0.2, 0.25) is 0 Å². The van der Waals surface area contributed by atoms with Crippen LogP contribution in [-0.4, -0.2) is 44.0 Å². The molecule has 2 rings (SSSR count). The van der Waals surface area contributed by atoms with Crippen molar-refractivity contribution >= 4 is 6.03 Å². The van der Waals surface area contributed by atoms with Gasteiger partial charge in [-0.15, -0.1) is 0 Å². The molecule has 1 aliphatic heterocycles. The number of amides is 2. The number of carbonyl (C=O) groups is 1. The highest BCUT2D eigenvalue weighted by Gasteiger charge is 2.20. The van der Waals surface area contributed by atoms with Crippen LogP contribution in [0.4, 0.5) is 4.79 Å². The van der Waals surface area contributed by atoms with Gasteiger partial charge in [-0.3, -0.25) is 0 Å². The molecule has 5 nitrogen and oxygen atoms in total. The van der Waals surface area contributed by atoms with Crippen LogP contribution in [0.5, 0.6) is 0 Å². The summed E-state index contributed by atoms with van der Waals surface area (Å²) in [4.78, 5) is 13.4. The van der Waals surface area contributed by atoms with Crippen LogP contribution in [0.3, 0.4) is 0 Å². The van der Waals surface area contributed by atoms with Gasteiger partial charge in [-0.05, 0) is 12.5 Å². The van der Waals surface area contributed by atoms with Gasteiger partial charge in [0.05, 0.1) is 19.8 Å². The molecule has 1 aromatic carbocycles. The van der Waals surface area contributed by atoms with Gasteiger partial charge in [0.1, 0.15) is 0 Å². The zero-order valence-electron chi connectivity index (χ0n) is 11.4. The number of hydrogen-bond acceptors (Lipinski definition) is 3. The predicted molar refractivity (Wildman–Crippen MR) is 71.7 cm³/mol. The van der Waals surface area contributed by atoms with E-state index < -0.39 is 0 Å². The summed E-state index contributed by atoms with van der Waals surface area (Å²) in [5, 5.41) is 2.87. The maximum atomic E-state index is 11.9. The molecule has 1 saturated heterocycles. The molecule has 0 aromatic heterocycles. The van der Waals surface area contributed by atoms with Crippen LogP contribution in [0, 0.1) is 6.92 Å². The van der Waals surface area contributed by atoms with Crippen LogP contribution in [0.1, 0.15) is 11.1 Å². The van der Waals surface area contributed by atoms with E-state index >= 15 is 0 Å². The maximum Gasteiger partial charge on any atom is 0.317 e. The number of benzene rings is 1. The van der Waals surface area contributed by atoms with Crippen molar-refractivity contribution in [3.05, 3.63) is 35.4 Å². The quantitative estimate of drug-likeness (QED) is 0.897. The summed E-state index contributed by atoms with van der Waals surface area (Å²) in [7, 11) is 1.73. The molecule has 5 heteroatoms. The number of likely N-dealkylation sites (N-methyl/N-ethyl adjacent to an activating group) is 1. The Balaban J connectivity index is 1.75. The van der Waals surface area contributed by atoms with E-state index in [2.05, 4.69) is 5.32 Å². The standard InChI is InChI=1S/C14H20N2O3/c1-11-3-5-12(6-4-11)9-15-14(17)16(2)10-13-18-7-8-19-13/h3-6,13H,7-10H2,1-2H3,(H,15,17). The lowest BCUT2D eigenvalue weighted by atomic mass is 10.1. The van der Waals surface area contributed by atoms with E-state index in [0.717, 1.165) is 5.56 Å². The van der Waals surface area contributed by atoms with Crippen LogP contribution in [0.15, 0.2) is 24.3 Å². The summed E-state index contributed by atoms with van der Waals surface area (Å²) in [5.41, 5.74) is 2.29. The first-order valence-electron chi connectivity index (χ1n) is 6.43. The minimum atomic E-state index is -0.296. The van der Waals surface area contributed by atoms with Crippen molar-refractivity contribution in [2.45, 2.75) is 19.8 Å². The van der Waals surface area contributed by atoms with E-state index in [1.165, 1.54) is 5.56 Å². The zero-order valence-corrected chi connectivity index (χ0v) is 11.4. The smallest absolute Gasteiger partial charge is 0.317 e. The van der Waals surface area contributed by atoms with Crippen molar-refractivity contribution in [1.82, 2.24) is 10.2 Å². The lowest BCUT2D eigenvalue weighted by Crippen LogP contribution is -2.41. The Morgan fingerprint density at radius 1 is 1.32 bits per heavy atom. The number of nitrogens with zero attached hydrogens (tertiary/aromatic N) is 1. The molecule has 1 aliphatic rings. The third kappa shape index (κ3) is 4.22. The molecule has 0 atom stereocenters. The first-order chi connectivity index (χ1) is 9.15. The fourth-order valence-corrected chi connectivity index (χ4v) is 1.84. The number of aryl methyl sites for hydroxylation is 1. The van der Waals surface area contributed by atoms with Crippen LogP contribution in [-0.2, 0) is 16.0 Å². The van der Waals surface area contributed by atoms with Gasteiger partial charge in [0.25, 0.3) is 0 Å². The summed E-state index contributed by atoms with van der Waals surface area (Å²) < 4.78 is 10.6. The van der Waals surface area contributed by atoms with Gasteiger partial charge in [0, 0.05) is 13.6 Å². The molecular formula is C14H20N2O3. The van der Waals surface area contributed by atoms with Crippen LogP contribution in [0.25, 0.3) is 0 Å². The molecule has 1 N–H and O–H groups in total. The number of hydrogen-bond donors (Lipinski definition) is 1. The SMILES string of the molecule is Cc1ccc(CNC(=O)N(C)CC2OCCO2)cc1. The minimum absolute atomic E-state index is 0.125. The predicted octanol–water partition coefficient (Wildman–Crippen LogP) is 1.51. The average molecular weight is 264 g/mol. The molecule has 2 amide bonds. The molecule has 1 aromatic rings. The molecule has 0 saturated carbocycles. The normalized spacial score (nSPS) is 15.5. The van der Waals surface area contributed by atoms with Crippen LogP contribution >= 0.6 is 0 Å². The van der Waals surface area contributed by atoms with E-state index in [1.54, 1.807) is 11.9 Å². The third-order valence-corrected chi connectivity index (χ3v) is 3.02.